The van der Waals surface area contributed by atoms with Crippen molar-refractivity contribution in [3.8, 4) is 0 Å². The van der Waals surface area contributed by atoms with Crippen LogP contribution in [-0.2, 0) is 11.9 Å². The maximum Gasteiger partial charge on any atom is 0.0516 e. The number of halogens is 2. The van der Waals surface area contributed by atoms with Crippen LogP contribution in [0.15, 0.2) is 53.0 Å². The van der Waals surface area contributed by atoms with Gasteiger partial charge in [0, 0.05) is 22.4 Å². The molecule has 0 atom stereocenters. The van der Waals surface area contributed by atoms with Crippen molar-refractivity contribution >= 4 is 37.5 Å². The highest BCUT2D eigenvalue weighted by Crippen LogP contribution is 2.30. The van der Waals surface area contributed by atoms with E-state index in [9.17, 15) is 0 Å². The summed E-state index contributed by atoms with van der Waals surface area (Å²) in [5.41, 5.74) is 3.86. The molecule has 0 N–H and O–H groups in total. The van der Waals surface area contributed by atoms with E-state index < -0.39 is 0 Å². The minimum atomic E-state index is 0.446. The van der Waals surface area contributed by atoms with Crippen molar-refractivity contribution in [1.82, 2.24) is 0 Å². The van der Waals surface area contributed by atoms with Gasteiger partial charge in [-0.25, -0.2) is 0 Å². The Morgan fingerprint density at radius 2 is 1.70 bits per heavy atom. The van der Waals surface area contributed by atoms with Crippen LogP contribution in [0, 0.1) is 0 Å². The Hall–Kier alpha value is -0.800. The van der Waals surface area contributed by atoms with Gasteiger partial charge in [0.25, 0.3) is 0 Å². The monoisotopic (exact) mass is 395 g/mol. The van der Waals surface area contributed by atoms with Crippen molar-refractivity contribution in [2.75, 3.05) is 4.90 Å². The van der Waals surface area contributed by atoms with Gasteiger partial charge in [0.05, 0.1) is 5.69 Å². The fraction of sp³-hybridized carbons (Fsp3) is 0.294. The predicted molar refractivity (Wildman–Crippen MR) is 94.5 cm³/mol. The molecule has 0 saturated heterocycles. The molecule has 20 heavy (non-hydrogen) atoms. The molecule has 0 saturated carbocycles. The van der Waals surface area contributed by atoms with E-state index in [0.29, 0.717) is 6.04 Å². The second kappa shape index (κ2) is 7.28. The van der Waals surface area contributed by atoms with E-state index >= 15 is 0 Å². The quantitative estimate of drug-likeness (QED) is 0.580. The summed E-state index contributed by atoms with van der Waals surface area (Å²) < 4.78 is 1.15. The number of hydrogen-bond acceptors (Lipinski definition) is 1. The van der Waals surface area contributed by atoms with Gasteiger partial charge in [-0.05, 0) is 53.0 Å². The Morgan fingerprint density at radius 1 is 1.00 bits per heavy atom. The first kappa shape index (κ1) is 15.6. The van der Waals surface area contributed by atoms with E-state index in [1.807, 2.05) is 0 Å². The van der Waals surface area contributed by atoms with E-state index in [-0.39, 0.29) is 0 Å². The molecule has 0 heterocycles. The van der Waals surface area contributed by atoms with Crippen LogP contribution in [0.4, 0.5) is 5.69 Å². The highest BCUT2D eigenvalue weighted by molar-refractivity contribution is 9.10. The molecule has 0 bridgehead atoms. The van der Waals surface area contributed by atoms with Crippen LogP contribution in [0.25, 0.3) is 0 Å². The Labute approximate surface area is 138 Å². The molecule has 106 valence electrons. The molecule has 2 aromatic rings. The standard InChI is InChI=1S/C17H19Br2N/c1-13(2)20(12-14-6-4-3-5-7-14)17-9-8-15(11-18)10-16(17)19/h3-10,13H,11-12H2,1-2H3. The summed E-state index contributed by atoms with van der Waals surface area (Å²) in [5, 5.41) is 0.881. The van der Waals surface area contributed by atoms with Crippen LogP contribution in [0.3, 0.4) is 0 Å². The number of rotatable bonds is 5. The largest absolute Gasteiger partial charge is 0.364 e. The van der Waals surface area contributed by atoms with E-state index in [2.05, 4.69) is 99.1 Å². The predicted octanol–water partition coefficient (Wildman–Crippen LogP) is 5.76. The first-order valence-electron chi connectivity index (χ1n) is 6.76. The van der Waals surface area contributed by atoms with Gasteiger partial charge in [-0.2, -0.15) is 0 Å². The van der Waals surface area contributed by atoms with Gasteiger partial charge in [-0.1, -0.05) is 52.3 Å². The molecular formula is C17H19Br2N. The molecule has 2 aromatic carbocycles. The lowest BCUT2D eigenvalue weighted by molar-refractivity contribution is 0.681. The molecule has 3 heteroatoms. The summed E-state index contributed by atoms with van der Waals surface area (Å²) in [4.78, 5) is 2.41. The van der Waals surface area contributed by atoms with Crippen LogP contribution in [-0.4, -0.2) is 6.04 Å². The van der Waals surface area contributed by atoms with Crippen molar-refractivity contribution < 1.29 is 0 Å². The zero-order valence-electron chi connectivity index (χ0n) is 11.8. The highest BCUT2D eigenvalue weighted by atomic mass is 79.9. The second-order valence-electron chi connectivity index (χ2n) is 5.13. The molecule has 1 nitrogen and oxygen atoms in total. The van der Waals surface area contributed by atoms with Gasteiger partial charge >= 0.3 is 0 Å². The van der Waals surface area contributed by atoms with E-state index in [4.69, 9.17) is 0 Å². The van der Waals surface area contributed by atoms with Gasteiger partial charge in [0.1, 0.15) is 0 Å². The number of nitrogens with zero attached hydrogens (tertiary/aromatic N) is 1. The fourth-order valence-electron chi connectivity index (χ4n) is 2.19. The number of hydrogen-bond donors (Lipinski definition) is 0. The molecule has 0 amide bonds. The average Bonchev–Trinajstić information content (AvgIpc) is 2.46. The van der Waals surface area contributed by atoms with E-state index in [1.165, 1.54) is 16.8 Å². The number of alkyl halides is 1. The SMILES string of the molecule is CC(C)N(Cc1ccccc1)c1ccc(CBr)cc1Br. The lowest BCUT2D eigenvalue weighted by Gasteiger charge is -2.30. The lowest BCUT2D eigenvalue weighted by atomic mass is 10.1. The van der Waals surface area contributed by atoms with Crippen molar-refractivity contribution in [3.05, 3.63) is 64.1 Å². The average molecular weight is 397 g/mol. The first-order valence-corrected chi connectivity index (χ1v) is 8.68. The topological polar surface area (TPSA) is 3.24 Å². The fourth-order valence-corrected chi connectivity index (χ4v) is 3.20. The summed E-state index contributed by atoms with van der Waals surface area (Å²) >= 11 is 7.21. The lowest BCUT2D eigenvalue weighted by Crippen LogP contribution is -2.30. The molecule has 0 spiro atoms. The first-order chi connectivity index (χ1) is 9.61. The zero-order chi connectivity index (χ0) is 14.5. The van der Waals surface area contributed by atoms with Gasteiger partial charge < -0.3 is 4.90 Å². The van der Waals surface area contributed by atoms with Gasteiger partial charge in [-0.3, -0.25) is 0 Å². The van der Waals surface area contributed by atoms with Gasteiger partial charge in [0.15, 0.2) is 0 Å². The Balaban J connectivity index is 2.29. The molecule has 0 aliphatic carbocycles. The highest BCUT2D eigenvalue weighted by Gasteiger charge is 2.14. The minimum Gasteiger partial charge on any atom is -0.364 e. The Morgan fingerprint density at radius 3 is 2.25 bits per heavy atom. The maximum absolute atomic E-state index is 3.71. The van der Waals surface area contributed by atoms with Crippen LogP contribution in [0.1, 0.15) is 25.0 Å². The number of benzene rings is 2. The number of anilines is 1. The molecule has 0 unspecified atom stereocenters. The van der Waals surface area contributed by atoms with Crippen molar-refractivity contribution in [2.45, 2.75) is 31.8 Å². The van der Waals surface area contributed by atoms with E-state index in [0.717, 1.165) is 16.3 Å². The summed E-state index contributed by atoms with van der Waals surface area (Å²) in [6, 6.07) is 17.6. The third-order valence-electron chi connectivity index (χ3n) is 3.29. The molecule has 0 aliphatic heterocycles. The Bertz CT molecular complexity index is 552. The van der Waals surface area contributed by atoms with Crippen LogP contribution in [0.5, 0.6) is 0 Å². The smallest absolute Gasteiger partial charge is 0.0516 e. The van der Waals surface area contributed by atoms with Crippen molar-refractivity contribution in [3.63, 3.8) is 0 Å². The van der Waals surface area contributed by atoms with Crippen LogP contribution in [0.2, 0.25) is 0 Å². The normalized spacial score (nSPS) is 10.8. The van der Waals surface area contributed by atoms with Crippen molar-refractivity contribution in [2.24, 2.45) is 0 Å². The molecule has 0 radical (unpaired) electrons. The van der Waals surface area contributed by atoms with Gasteiger partial charge in [0.2, 0.25) is 0 Å². The molecule has 0 aromatic heterocycles. The third kappa shape index (κ3) is 3.86. The van der Waals surface area contributed by atoms with Crippen molar-refractivity contribution in [1.29, 1.82) is 0 Å². The third-order valence-corrected chi connectivity index (χ3v) is 4.58. The second-order valence-corrected chi connectivity index (χ2v) is 6.54. The molecule has 0 fully saturated rings. The minimum absolute atomic E-state index is 0.446. The molecular weight excluding hydrogens is 378 g/mol. The molecule has 2 rings (SSSR count). The zero-order valence-corrected chi connectivity index (χ0v) is 15.0. The summed E-state index contributed by atoms with van der Waals surface area (Å²) in [6.07, 6.45) is 0. The van der Waals surface area contributed by atoms with Crippen LogP contribution >= 0.6 is 31.9 Å². The summed E-state index contributed by atoms with van der Waals surface area (Å²) in [6.45, 7) is 5.38. The van der Waals surface area contributed by atoms with Crippen LogP contribution < -0.4 is 4.90 Å². The Kier molecular flexibility index (Phi) is 5.67. The van der Waals surface area contributed by atoms with Gasteiger partial charge in [-0.15, -0.1) is 0 Å². The summed E-state index contributed by atoms with van der Waals surface area (Å²) in [7, 11) is 0. The van der Waals surface area contributed by atoms with E-state index in [1.54, 1.807) is 0 Å². The summed E-state index contributed by atoms with van der Waals surface area (Å²) in [5.74, 6) is 0. The molecule has 0 aliphatic rings. The maximum atomic E-state index is 3.71.